The van der Waals surface area contributed by atoms with Crippen molar-refractivity contribution in [3.05, 3.63) is 11.8 Å². The van der Waals surface area contributed by atoms with Gasteiger partial charge in [0.05, 0.1) is 6.54 Å². The molecule has 1 fully saturated rings. The minimum absolute atomic E-state index is 0.0358. The Bertz CT molecular complexity index is 310. The Morgan fingerprint density at radius 3 is 2.67 bits per heavy atom. The summed E-state index contributed by atoms with van der Waals surface area (Å²) in [5, 5.41) is 8.92. The van der Waals surface area contributed by atoms with E-state index in [1.165, 1.54) is 4.90 Å². The zero-order chi connectivity index (χ0) is 11.6. The van der Waals surface area contributed by atoms with Crippen LogP contribution in [0.15, 0.2) is 11.8 Å². The van der Waals surface area contributed by atoms with Crippen molar-refractivity contribution in [2.45, 2.75) is 19.4 Å². The maximum Gasteiger partial charge on any atom is 0.407 e. The van der Waals surface area contributed by atoms with Crippen LogP contribution < -0.4 is 0 Å². The number of ketones is 1. The number of carbonyl (C=O) groups excluding carboxylic acids is 1. The normalized spacial score (nSPS) is 24.5. The third-order valence-electron chi connectivity index (χ3n) is 2.37. The van der Waals surface area contributed by atoms with Crippen LogP contribution in [0, 0.1) is 0 Å². The van der Waals surface area contributed by atoms with Crippen LogP contribution in [0.2, 0.25) is 0 Å². The molecular weight excluding hydrogens is 196 g/mol. The van der Waals surface area contributed by atoms with Crippen molar-refractivity contribution in [1.82, 2.24) is 9.80 Å². The molecule has 1 saturated heterocycles. The highest BCUT2D eigenvalue weighted by atomic mass is 16.4. The summed E-state index contributed by atoms with van der Waals surface area (Å²) >= 11 is 0. The van der Waals surface area contributed by atoms with Gasteiger partial charge in [0.25, 0.3) is 0 Å². The first-order valence-electron chi connectivity index (χ1n) is 4.81. The number of carboxylic acid groups (broad SMARTS) is 1. The van der Waals surface area contributed by atoms with E-state index in [0.717, 1.165) is 0 Å². The lowest BCUT2D eigenvalue weighted by Gasteiger charge is -2.31. The maximum atomic E-state index is 11.6. The van der Waals surface area contributed by atoms with Crippen molar-refractivity contribution in [3.8, 4) is 0 Å². The van der Waals surface area contributed by atoms with E-state index >= 15 is 0 Å². The van der Waals surface area contributed by atoms with Crippen LogP contribution in [-0.2, 0) is 4.79 Å². The summed E-state index contributed by atoms with van der Waals surface area (Å²) in [5.41, 5.74) is 0.556. The van der Waals surface area contributed by atoms with Gasteiger partial charge in [-0.2, -0.15) is 0 Å². The highest BCUT2D eigenvalue weighted by Crippen LogP contribution is 2.18. The Kier molecular flexibility index (Phi) is 3.34. The van der Waals surface area contributed by atoms with E-state index in [-0.39, 0.29) is 24.8 Å². The van der Waals surface area contributed by atoms with E-state index in [9.17, 15) is 9.59 Å². The molecule has 84 valence electrons. The van der Waals surface area contributed by atoms with Gasteiger partial charge in [0, 0.05) is 38.3 Å². The number of piperidine rings is 1. The van der Waals surface area contributed by atoms with E-state index in [4.69, 9.17) is 5.11 Å². The first kappa shape index (κ1) is 11.6. The summed E-state index contributed by atoms with van der Waals surface area (Å²) < 4.78 is 0. The number of rotatable bonds is 1. The summed E-state index contributed by atoms with van der Waals surface area (Å²) in [6.45, 7) is 1.94. The minimum atomic E-state index is -0.973. The van der Waals surface area contributed by atoms with Crippen LogP contribution in [0.3, 0.4) is 0 Å². The predicted octanol–water partition coefficient (Wildman–Crippen LogP) is 0.773. The van der Waals surface area contributed by atoms with Gasteiger partial charge in [0.15, 0.2) is 5.78 Å². The molecule has 0 aromatic heterocycles. The van der Waals surface area contributed by atoms with E-state index in [2.05, 4.69) is 0 Å². The molecule has 0 aromatic carbocycles. The third kappa shape index (κ3) is 2.71. The van der Waals surface area contributed by atoms with Gasteiger partial charge < -0.3 is 14.9 Å². The first-order valence-corrected chi connectivity index (χ1v) is 4.81. The van der Waals surface area contributed by atoms with Gasteiger partial charge in [-0.1, -0.05) is 0 Å². The standard InChI is InChI=1S/C10H16N2O3/c1-7-4-9(13)8(5-11(2)3)6-12(7)10(14)15/h5,7H,4,6H2,1-3H3,(H,14,15)/b8-5-. The number of carbonyl (C=O) groups is 2. The van der Waals surface area contributed by atoms with Gasteiger partial charge in [-0.15, -0.1) is 0 Å². The fourth-order valence-electron chi connectivity index (χ4n) is 1.62. The van der Waals surface area contributed by atoms with Crippen molar-refractivity contribution < 1.29 is 14.7 Å². The van der Waals surface area contributed by atoms with Crippen LogP contribution in [0.5, 0.6) is 0 Å². The van der Waals surface area contributed by atoms with Gasteiger partial charge in [0.1, 0.15) is 0 Å². The average molecular weight is 212 g/mol. The Morgan fingerprint density at radius 1 is 1.60 bits per heavy atom. The maximum absolute atomic E-state index is 11.6. The number of nitrogens with zero attached hydrogens (tertiary/aromatic N) is 2. The average Bonchev–Trinajstić information content (AvgIpc) is 2.08. The van der Waals surface area contributed by atoms with Crippen molar-refractivity contribution in [3.63, 3.8) is 0 Å². The number of hydrogen-bond acceptors (Lipinski definition) is 3. The molecule has 1 heterocycles. The van der Waals surface area contributed by atoms with E-state index in [1.807, 2.05) is 14.1 Å². The lowest BCUT2D eigenvalue weighted by Crippen LogP contribution is -2.45. The van der Waals surface area contributed by atoms with Crippen molar-refractivity contribution in [2.75, 3.05) is 20.6 Å². The van der Waals surface area contributed by atoms with E-state index < -0.39 is 6.09 Å². The molecule has 0 aromatic rings. The first-order chi connectivity index (χ1) is 6.91. The molecule has 5 heteroatoms. The van der Waals surface area contributed by atoms with Gasteiger partial charge in [-0.25, -0.2) is 4.79 Å². The van der Waals surface area contributed by atoms with Gasteiger partial charge >= 0.3 is 6.09 Å². The Hall–Kier alpha value is -1.52. The third-order valence-corrected chi connectivity index (χ3v) is 2.37. The number of Topliss-reactive ketones (excluding diaryl/α,β-unsaturated/α-hetero) is 1. The fraction of sp³-hybridized carbons (Fsp3) is 0.600. The van der Waals surface area contributed by atoms with Gasteiger partial charge in [0.2, 0.25) is 0 Å². The fourth-order valence-corrected chi connectivity index (χ4v) is 1.62. The van der Waals surface area contributed by atoms with E-state index in [1.54, 1.807) is 18.0 Å². The molecule has 1 amide bonds. The van der Waals surface area contributed by atoms with Gasteiger partial charge in [-0.3, -0.25) is 4.79 Å². The minimum Gasteiger partial charge on any atom is -0.465 e. The second-order valence-electron chi connectivity index (χ2n) is 4.00. The molecule has 1 aliphatic rings. The molecule has 1 atom stereocenters. The highest BCUT2D eigenvalue weighted by molar-refractivity contribution is 5.97. The van der Waals surface area contributed by atoms with Crippen LogP contribution >= 0.6 is 0 Å². The lowest BCUT2D eigenvalue weighted by atomic mass is 9.98. The summed E-state index contributed by atoms with van der Waals surface area (Å²) in [6.07, 6.45) is 0.982. The summed E-state index contributed by atoms with van der Waals surface area (Å²) in [5.74, 6) is 0.0358. The molecule has 0 radical (unpaired) electrons. The van der Waals surface area contributed by atoms with Crippen molar-refractivity contribution in [2.24, 2.45) is 0 Å². The van der Waals surface area contributed by atoms with Crippen molar-refractivity contribution >= 4 is 11.9 Å². The smallest absolute Gasteiger partial charge is 0.407 e. The molecule has 1 unspecified atom stereocenters. The quantitative estimate of drug-likeness (QED) is 0.652. The largest absolute Gasteiger partial charge is 0.465 e. The predicted molar refractivity (Wildman–Crippen MR) is 55.6 cm³/mol. The molecule has 1 rings (SSSR count). The van der Waals surface area contributed by atoms with Crippen LogP contribution in [0.1, 0.15) is 13.3 Å². The molecule has 1 N–H and O–H groups in total. The molecule has 15 heavy (non-hydrogen) atoms. The highest BCUT2D eigenvalue weighted by Gasteiger charge is 2.30. The topological polar surface area (TPSA) is 60.9 Å². The SMILES string of the molecule is CC1CC(=O)/C(=C\N(C)C)CN1C(=O)O. The second-order valence-corrected chi connectivity index (χ2v) is 4.00. The van der Waals surface area contributed by atoms with Crippen LogP contribution in [-0.4, -0.2) is 53.5 Å². The van der Waals surface area contributed by atoms with E-state index in [0.29, 0.717) is 5.57 Å². The number of hydrogen-bond donors (Lipinski definition) is 1. The molecule has 5 nitrogen and oxygen atoms in total. The summed E-state index contributed by atoms with van der Waals surface area (Å²) in [4.78, 5) is 25.5. The van der Waals surface area contributed by atoms with Crippen molar-refractivity contribution in [1.29, 1.82) is 0 Å². The second kappa shape index (κ2) is 4.33. The molecular formula is C10H16N2O3. The monoisotopic (exact) mass is 212 g/mol. The molecule has 1 aliphatic heterocycles. The Balaban J connectivity index is 2.85. The zero-order valence-corrected chi connectivity index (χ0v) is 9.23. The zero-order valence-electron chi connectivity index (χ0n) is 9.23. The summed E-state index contributed by atoms with van der Waals surface area (Å²) in [6, 6.07) is -0.227. The Morgan fingerprint density at radius 2 is 2.20 bits per heavy atom. The lowest BCUT2D eigenvalue weighted by molar-refractivity contribution is -0.118. The van der Waals surface area contributed by atoms with Crippen LogP contribution in [0.4, 0.5) is 4.79 Å². The molecule has 0 bridgehead atoms. The van der Waals surface area contributed by atoms with Gasteiger partial charge in [-0.05, 0) is 6.92 Å². The van der Waals surface area contributed by atoms with Crippen LogP contribution in [0.25, 0.3) is 0 Å². The Labute approximate surface area is 89.0 Å². The number of likely N-dealkylation sites (tertiary alicyclic amines) is 1. The number of amides is 1. The summed E-state index contributed by atoms with van der Waals surface area (Å²) in [7, 11) is 3.62. The molecule has 0 saturated carbocycles. The molecule has 0 spiro atoms. The molecule has 0 aliphatic carbocycles.